The van der Waals surface area contributed by atoms with Gasteiger partial charge in [0.25, 0.3) is 5.91 Å². The van der Waals surface area contributed by atoms with Gasteiger partial charge in [-0.1, -0.05) is 44.2 Å². The summed E-state index contributed by atoms with van der Waals surface area (Å²) in [5, 5.41) is 6.51. The van der Waals surface area contributed by atoms with E-state index in [1.807, 2.05) is 13.0 Å². The molecule has 146 valence electrons. The van der Waals surface area contributed by atoms with Crippen LogP contribution in [0.2, 0.25) is 0 Å². The third kappa shape index (κ3) is 6.14. The summed E-state index contributed by atoms with van der Waals surface area (Å²) in [5.41, 5.74) is 3.68. The molecule has 1 aliphatic heterocycles. The first-order valence-electron chi connectivity index (χ1n) is 9.80. The number of aliphatic imine (C=N–C) groups is 2. The van der Waals surface area contributed by atoms with Crippen LogP contribution in [0.1, 0.15) is 39.2 Å². The van der Waals surface area contributed by atoms with Gasteiger partial charge in [-0.15, -0.1) is 0 Å². The number of benzene rings is 1. The van der Waals surface area contributed by atoms with Crippen LogP contribution in [0, 0.1) is 11.8 Å². The van der Waals surface area contributed by atoms with E-state index >= 15 is 0 Å². The van der Waals surface area contributed by atoms with Crippen molar-refractivity contribution in [2.45, 2.75) is 40.2 Å². The van der Waals surface area contributed by atoms with E-state index in [1.165, 1.54) is 5.56 Å². The molecule has 1 unspecified atom stereocenters. The number of nitrogens with zero attached hydrogens (tertiary/aromatic N) is 2. The molecule has 1 aliphatic rings. The molecule has 27 heavy (non-hydrogen) atoms. The maximum absolute atomic E-state index is 12.2. The van der Waals surface area contributed by atoms with Crippen LogP contribution in [-0.4, -0.2) is 38.0 Å². The van der Waals surface area contributed by atoms with Gasteiger partial charge in [0.1, 0.15) is 0 Å². The van der Waals surface area contributed by atoms with Gasteiger partial charge in [-0.05, 0) is 37.8 Å². The third-order valence-corrected chi connectivity index (χ3v) is 5.14. The zero-order valence-electron chi connectivity index (χ0n) is 17.0. The van der Waals surface area contributed by atoms with Crippen LogP contribution in [0.25, 0.3) is 0 Å². The van der Waals surface area contributed by atoms with Crippen molar-refractivity contribution >= 4 is 17.8 Å². The van der Waals surface area contributed by atoms with E-state index in [2.05, 4.69) is 53.7 Å². The molecule has 5 nitrogen and oxygen atoms in total. The summed E-state index contributed by atoms with van der Waals surface area (Å²) in [5.74, 6) is 0.753. The molecule has 0 saturated carbocycles. The van der Waals surface area contributed by atoms with E-state index in [0.29, 0.717) is 24.0 Å². The van der Waals surface area contributed by atoms with Gasteiger partial charge in [-0.25, -0.2) is 0 Å². The molecule has 2 rings (SSSR count). The Bertz CT molecular complexity index is 706. The van der Waals surface area contributed by atoms with Gasteiger partial charge in [-0.2, -0.15) is 0 Å². The maximum atomic E-state index is 12.2. The first-order valence-corrected chi connectivity index (χ1v) is 9.80. The van der Waals surface area contributed by atoms with Crippen molar-refractivity contribution in [3.05, 3.63) is 47.2 Å². The monoisotopic (exact) mass is 368 g/mol. The molecular formula is C22H32N4O. The Hall–Kier alpha value is -2.27. The van der Waals surface area contributed by atoms with Crippen LogP contribution < -0.4 is 10.6 Å². The molecule has 2 N–H and O–H groups in total. The zero-order chi connectivity index (χ0) is 19.6. The Morgan fingerprint density at radius 2 is 2.07 bits per heavy atom. The van der Waals surface area contributed by atoms with E-state index in [-0.39, 0.29) is 5.91 Å². The molecule has 1 aromatic carbocycles. The van der Waals surface area contributed by atoms with Crippen molar-refractivity contribution < 1.29 is 4.79 Å². The van der Waals surface area contributed by atoms with Gasteiger partial charge >= 0.3 is 0 Å². The van der Waals surface area contributed by atoms with Crippen LogP contribution in [0.5, 0.6) is 0 Å². The molecule has 0 fully saturated rings. The maximum Gasteiger partial charge on any atom is 0.254 e. The highest BCUT2D eigenvalue weighted by atomic mass is 16.1. The topological polar surface area (TPSA) is 65.8 Å². The minimum absolute atomic E-state index is 0.0936. The molecule has 5 heteroatoms. The quantitative estimate of drug-likeness (QED) is 0.518. The summed E-state index contributed by atoms with van der Waals surface area (Å²) in [6.07, 6.45) is 3.68. The Morgan fingerprint density at radius 1 is 1.33 bits per heavy atom. The highest BCUT2D eigenvalue weighted by molar-refractivity contribution is 6.14. The van der Waals surface area contributed by atoms with E-state index < -0.39 is 0 Å². The standard InChI is InChI=1S/C22H32N4O/c1-5-19(16(2)11-12-24-13-18-9-7-6-8-10-18)21-15-25-22(27)20(14-23-4)17(3)26-21/h6-10,14,16,19,24H,5,11-13,15H2,1-4H3,(H,25,27)/t16?,19-/m1/s1. The third-order valence-electron chi connectivity index (χ3n) is 5.14. The van der Waals surface area contributed by atoms with E-state index in [1.54, 1.807) is 13.3 Å². The van der Waals surface area contributed by atoms with Crippen molar-refractivity contribution in [3.8, 4) is 0 Å². The lowest BCUT2D eigenvalue weighted by molar-refractivity contribution is -0.116. The number of nitrogens with one attached hydrogen (secondary N) is 2. The molecule has 0 aliphatic carbocycles. The molecule has 0 saturated heterocycles. The second-order valence-corrected chi connectivity index (χ2v) is 7.12. The minimum atomic E-state index is -0.0936. The number of hydrogen-bond donors (Lipinski definition) is 2. The lowest BCUT2D eigenvalue weighted by Crippen LogP contribution is -2.35. The Kier molecular flexibility index (Phi) is 8.40. The second-order valence-electron chi connectivity index (χ2n) is 7.12. The molecule has 1 amide bonds. The average Bonchev–Trinajstić information content (AvgIpc) is 2.80. The number of amides is 1. The van der Waals surface area contributed by atoms with Crippen LogP contribution in [-0.2, 0) is 11.3 Å². The Labute approximate surface area is 163 Å². The molecular weight excluding hydrogens is 336 g/mol. The molecule has 1 heterocycles. The molecule has 0 radical (unpaired) electrons. The highest BCUT2D eigenvalue weighted by Gasteiger charge is 2.24. The van der Waals surface area contributed by atoms with Crippen LogP contribution >= 0.6 is 0 Å². The summed E-state index contributed by atoms with van der Waals surface area (Å²) >= 11 is 0. The summed E-state index contributed by atoms with van der Waals surface area (Å²) in [6, 6.07) is 10.5. The van der Waals surface area contributed by atoms with Crippen LogP contribution in [0.15, 0.2) is 51.6 Å². The smallest absolute Gasteiger partial charge is 0.254 e. The Morgan fingerprint density at radius 3 is 2.74 bits per heavy atom. The van der Waals surface area contributed by atoms with Crippen molar-refractivity contribution in [2.24, 2.45) is 21.8 Å². The van der Waals surface area contributed by atoms with Gasteiger partial charge < -0.3 is 10.6 Å². The Balaban J connectivity index is 1.96. The van der Waals surface area contributed by atoms with Gasteiger partial charge in [0.05, 0.1) is 17.8 Å². The second kappa shape index (κ2) is 10.8. The van der Waals surface area contributed by atoms with Crippen LogP contribution in [0.3, 0.4) is 0 Å². The SMILES string of the molecule is CC[C@@H](C1=NC(C)=C(C=NC)C(=O)NC1)C(C)CCNCc1ccccc1. The number of carbonyl (C=O) groups excluding carboxylic acids is 1. The zero-order valence-corrected chi connectivity index (χ0v) is 17.0. The minimum Gasteiger partial charge on any atom is -0.347 e. The molecule has 1 aromatic rings. The number of allylic oxidation sites excluding steroid dienone is 1. The lowest BCUT2D eigenvalue weighted by atomic mass is 9.85. The first kappa shape index (κ1) is 21.0. The average molecular weight is 369 g/mol. The molecule has 2 atom stereocenters. The first-order chi connectivity index (χ1) is 13.1. The highest BCUT2D eigenvalue weighted by Crippen LogP contribution is 2.23. The van der Waals surface area contributed by atoms with Crippen molar-refractivity contribution in [3.63, 3.8) is 0 Å². The lowest BCUT2D eigenvalue weighted by Gasteiger charge is -2.24. The van der Waals surface area contributed by atoms with Gasteiger partial charge in [0.2, 0.25) is 0 Å². The number of carbonyl (C=O) groups is 1. The fourth-order valence-corrected chi connectivity index (χ4v) is 3.57. The van der Waals surface area contributed by atoms with Crippen molar-refractivity contribution in [1.29, 1.82) is 0 Å². The van der Waals surface area contributed by atoms with Gasteiger partial charge in [0.15, 0.2) is 0 Å². The van der Waals surface area contributed by atoms with E-state index in [0.717, 1.165) is 37.3 Å². The summed E-state index contributed by atoms with van der Waals surface area (Å²) in [4.78, 5) is 21.0. The molecule has 0 aromatic heterocycles. The van der Waals surface area contributed by atoms with Gasteiger partial charge in [0, 0.05) is 31.4 Å². The van der Waals surface area contributed by atoms with Crippen LogP contribution in [0.4, 0.5) is 0 Å². The predicted octanol–water partition coefficient (Wildman–Crippen LogP) is 3.37. The predicted molar refractivity (Wildman–Crippen MR) is 113 cm³/mol. The summed E-state index contributed by atoms with van der Waals surface area (Å²) in [6.45, 7) is 8.73. The fraction of sp³-hybridized carbons (Fsp3) is 0.500. The van der Waals surface area contributed by atoms with E-state index in [4.69, 9.17) is 4.99 Å². The van der Waals surface area contributed by atoms with Crippen molar-refractivity contribution in [1.82, 2.24) is 10.6 Å². The van der Waals surface area contributed by atoms with Gasteiger partial charge in [-0.3, -0.25) is 14.8 Å². The molecule has 0 bridgehead atoms. The summed E-state index contributed by atoms with van der Waals surface area (Å²) in [7, 11) is 1.67. The molecule has 0 spiro atoms. The summed E-state index contributed by atoms with van der Waals surface area (Å²) < 4.78 is 0. The van der Waals surface area contributed by atoms with E-state index in [9.17, 15) is 4.79 Å². The fourth-order valence-electron chi connectivity index (χ4n) is 3.57. The van der Waals surface area contributed by atoms with Crippen molar-refractivity contribution in [2.75, 3.05) is 20.1 Å². The number of rotatable bonds is 9. The number of hydrogen-bond acceptors (Lipinski definition) is 4. The normalized spacial score (nSPS) is 17.5. The largest absolute Gasteiger partial charge is 0.347 e.